The summed E-state index contributed by atoms with van der Waals surface area (Å²) in [5.74, 6) is -1.45. The Bertz CT molecular complexity index is 574. The zero-order chi connectivity index (χ0) is 15.9. The van der Waals surface area contributed by atoms with Crippen molar-refractivity contribution in [2.24, 2.45) is 5.92 Å². The average Bonchev–Trinajstić information content (AvgIpc) is 2.53. The van der Waals surface area contributed by atoms with Gasteiger partial charge in [-0.1, -0.05) is 31.4 Å². The minimum atomic E-state index is -0.664. The molecule has 0 aliphatic heterocycles. The van der Waals surface area contributed by atoms with Gasteiger partial charge >= 0.3 is 0 Å². The van der Waals surface area contributed by atoms with Gasteiger partial charge < -0.3 is 0 Å². The van der Waals surface area contributed by atoms with Crippen molar-refractivity contribution in [3.63, 3.8) is 0 Å². The Labute approximate surface area is 133 Å². The molecule has 1 aromatic rings. The van der Waals surface area contributed by atoms with Crippen LogP contribution >= 0.6 is 12.2 Å². The summed E-state index contributed by atoms with van der Waals surface area (Å²) in [5.41, 5.74) is 4.86. The zero-order valence-corrected chi connectivity index (χ0v) is 12.8. The molecule has 7 heteroatoms. The van der Waals surface area contributed by atoms with Gasteiger partial charge in [-0.25, -0.2) is 4.39 Å². The van der Waals surface area contributed by atoms with E-state index in [0.29, 0.717) is 0 Å². The number of amides is 2. The first-order valence-electron chi connectivity index (χ1n) is 7.23. The normalized spacial score (nSPS) is 15.0. The number of thiocarbonyl (C=S) groups is 1. The monoisotopic (exact) mass is 323 g/mol. The van der Waals surface area contributed by atoms with Crippen LogP contribution in [0.3, 0.4) is 0 Å². The van der Waals surface area contributed by atoms with Gasteiger partial charge in [0.05, 0.1) is 5.56 Å². The largest absolute Gasteiger partial charge is 0.298 e. The quantitative estimate of drug-likeness (QED) is 0.575. The number of hydrogen-bond donors (Lipinski definition) is 3. The Balaban J connectivity index is 1.79. The third-order valence-electron chi connectivity index (χ3n) is 3.62. The van der Waals surface area contributed by atoms with Gasteiger partial charge in [-0.05, 0) is 37.2 Å². The van der Waals surface area contributed by atoms with E-state index < -0.39 is 11.7 Å². The maximum atomic E-state index is 13.5. The van der Waals surface area contributed by atoms with Crippen LogP contribution in [-0.2, 0) is 4.79 Å². The van der Waals surface area contributed by atoms with Gasteiger partial charge in [0.25, 0.3) is 5.91 Å². The summed E-state index contributed by atoms with van der Waals surface area (Å²) in [4.78, 5) is 23.7. The summed E-state index contributed by atoms with van der Waals surface area (Å²) < 4.78 is 13.5. The van der Waals surface area contributed by atoms with E-state index in [1.165, 1.54) is 18.2 Å². The summed E-state index contributed by atoms with van der Waals surface area (Å²) in [6, 6.07) is 5.59. The molecule has 0 heterocycles. The summed E-state index contributed by atoms with van der Waals surface area (Å²) in [6.45, 7) is 0. The number of benzene rings is 1. The van der Waals surface area contributed by atoms with Crippen molar-refractivity contribution in [2.75, 3.05) is 0 Å². The molecule has 1 aromatic carbocycles. The highest BCUT2D eigenvalue weighted by atomic mass is 32.1. The van der Waals surface area contributed by atoms with E-state index >= 15 is 0 Å². The summed E-state index contributed by atoms with van der Waals surface area (Å²) in [5, 5.41) is 2.25. The number of hydrogen-bond acceptors (Lipinski definition) is 3. The number of nitrogens with one attached hydrogen (secondary N) is 3. The molecule has 1 fully saturated rings. The Hall–Kier alpha value is -2.02. The SMILES string of the molecule is O=C(NC(=S)NNC(=O)C1CCCCC1)c1ccccc1F. The van der Waals surface area contributed by atoms with Crippen LogP contribution in [0.5, 0.6) is 0 Å². The standard InChI is InChI=1S/C15H18FN3O2S/c16-12-9-5-4-8-11(12)14(21)17-15(22)19-18-13(20)10-6-2-1-3-7-10/h4-5,8-10H,1-3,6-7H2,(H,18,20)(H2,17,19,21,22). The number of rotatable bonds is 2. The van der Waals surface area contributed by atoms with E-state index in [2.05, 4.69) is 16.2 Å². The predicted molar refractivity (Wildman–Crippen MR) is 84.3 cm³/mol. The highest BCUT2D eigenvalue weighted by Crippen LogP contribution is 2.23. The van der Waals surface area contributed by atoms with Crippen molar-refractivity contribution in [3.8, 4) is 0 Å². The van der Waals surface area contributed by atoms with E-state index in [1.54, 1.807) is 6.07 Å². The molecule has 5 nitrogen and oxygen atoms in total. The molecule has 118 valence electrons. The fourth-order valence-electron chi connectivity index (χ4n) is 2.43. The van der Waals surface area contributed by atoms with Crippen LogP contribution in [0.25, 0.3) is 0 Å². The minimum Gasteiger partial charge on any atom is -0.298 e. The van der Waals surface area contributed by atoms with Crippen LogP contribution in [-0.4, -0.2) is 16.9 Å². The van der Waals surface area contributed by atoms with E-state index in [1.807, 2.05) is 0 Å². The lowest BCUT2D eigenvalue weighted by atomic mass is 9.89. The number of halogens is 1. The van der Waals surface area contributed by atoms with Crippen LogP contribution in [0.2, 0.25) is 0 Å². The van der Waals surface area contributed by atoms with Gasteiger partial charge in [0, 0.05) is 5.92 Å². The highest BCUT2D eigenvalue weighted by Gasteiger charge is 2.21. The molecular formula is C15H18FN3O2S. The topological polar surface area (TPSA) is 70.2 Å². The predicted octanol–water partition coefficient (Wildman–Crippen LogP) is 2.04. The summed E-state index contributed by atoms with van der Waals surface area (Å²) >= 11 is 4.91. The van der Waals surface area contributed by atoms with Crippen LogP contribution in [0.4, 0.5) is 4.39 Å². The fraction of sp³-hybridized carbons (Fsp3) is 0.400. The summed E-state index contributed by atoms with van der Waals surface area (Å²) in [6.07, 6.45) is 4.98. The zero-order valence-electron chi connectivity index (χ0n) is 12.0. The fourth-order valence-corrected chi connectivity index (χ4v) is 2.58. The Kier molecular flexibility index (Phi) is 5.83. The van der Waals surface area contributed by atoms with E-state index in [0.717, 1.165) is 32.1 Å². The second-order valence-corrected chi connectivity index (χ2v) is 5.62. The molecule has 0 atom stereocenters. The van der Waals surface area contributed by atoms with E-state index in [-0.39, 0.29) is 22.5 Å². The molecule has 3 N–H and O–H groups in total. The van der Waals surface area contributed by atoms with Crippen molar-refractivity contribution < 1.29 is 14.0 Å². The van der Waals surface area contributed by atoms with Crippen LogP contribution in [0.1, 0.15) is 42.5 Å². The Morgan fingerprint density at radius 2 is 1.77 bits per heavy atom. The lowest BCUT2D eigenvalue weighted by molar-refractivity contribution is -0.126. The van der Waals surface area contributed by atoms with Crippen molar-refractivity contribution in [1.82, 2.24) is 16.2 Å². The van der Waals surface area contributed by atoms with Crippen LogP contribution in [0.15, 0.2) is 24.3 Å². The number of carbonyl (C=O) groups is 2. The third kappa shape index (κ3) is 4.49. The van der Waals surface area contributed by atoms with Crippen LogP contribution < -0.4 is 16.2 Å². The molecule has 0 saturated heterocycles. The van der Waals surface area contributed by atoms with E-state index in [9.17, 15) is 14.0 Å². The van der Waals surface area contributed by atoms with Gasteiger partial charge in [-0.15, -0.1) is 0 Å². The molecule has 0 aromatic heterocycles. The molecule has 2 rings (SSSR count). The molecule has 0 radical (unpaired) electrons. The second-order valence-electron chi connectivity index (χ2n) is 5.21. The Morgan fingerprint density at radius 3 is 2.45 bits per heavy atom. The second kappa shape index (κ2) is 7.84. The molecule has 1 aliphatic carbocycles. The van der Waals surface area contributed by atoms with Crippen molar-refractivity contribution in [2.45, 2.75) is 32.1 Å². The first-order valence-corrected chi connectivity index (χ1v) is 7.64. The van der Waals surface area contributed by atoms with Gasteiger partial charge in [-0.3, -0.25) is 25.8 Å². The first-order chi connectivity index (χ1) is 10.6. The lowest BCUT2D eigenvalue weighted by Crippen LogP contribution is -2.50. The molecule has 1 aliphatic rings. The lowest BCUT2D eigenvalue weighted by Gasteiger charge is -2.21. The van der Waals surface area contributed by atoms with Gasteiger partial charge in [-0.2, -0.15) is 0 Å². The molecule has 0 unspecified atom stereocenters. The Morgan fingerprint density at radius 1 is 1.09 bits per heavy atom. The van der Waals surface area contributed by atoms with Crippen molar-refractivity contribution >= 4 is 29.1 Å². The highest BCUT2D eigenvalue weighted by molar-refractivity contribution is 7.80. The maximum Gasteiger partial charge on any atom is 0.260 e. The van der Waals surface area contributed by atoms with Crippen molar-refractivity contribution in [1.29, 1.82) is 0 Å². The van der Waals surface area contributed by atoms with Gasteiger partial charge in [0.15, 0.2) is 5.11 Å². The molecule has 2 amide bonds. The van der Waals surface area contributed by atoms with Crippen molar-refractivity contribution in [3.05, 3.63) is 35.6 Å². The number of hydrazine groups is 1. The minimum absolute atomic E-state index is 0.0219. The summed E-state index contributed by atoms with van der Waals surface area (Å²) in [7, 11) is 0. The third-order valence-corrected chi connectivity index (χ3v) is 3.82. The molecule has 1 saturated carbocycles. The smallest absolute Gasteiger partial charge is 0.260 e. The van der Waals surface area contributed by atoms with Crippen LogP contribution in [0, 0.1) is 11.7 Å². The first kappa shape index (κ1) is 16.4. The molecule has 0 bridgehead atoms. The van der Waals surface area contributed by atoms with Gasteiger partial charge in [0.1, 0.15) is 5.82 Å². The molecular weight excluding hydrogens is 305 g/mol. The molecule has 0 spiro atoms. The van der Waals surface area contributed by atoms with Gasteiger partial charge in [0.2, 0.25) is 5.91 Å². The van der Waals surface area contributed by atoms with E-state index in [4.69, 9.17) is 12.2 Å². The number of carbonyl (C=O) groups excluding carboxylic acids is 2. The maximum absolute atomic E-state index is 13.5. The average molecular weight is 323 g/mol. The molecule has 22 heavy (non-hydrogen) atoms.